The van der Waals surface area contributed by atoms with Crippen LogP contribution in [0.3, 0.4) is 0 Å². The number of benzene rings is 2. The summed E-state index contributed by atoms with van der Waals surface area (Å²) in [6.07, 6.45) is 0.0608. The Kier molecular flexibility index (Phi) is 6.33. The average Bonchev–Trinajstić information content (AvgIpc) is 3.22. The van der Waals surface area contributed by atoms with Gasteiger partial charge in [-0.25, -0.2) is 17.9 Å². The molecule has 148 valence electrons. The van der Waals surface area contributed by atoms with Crippen molar-refractivity contribution in [1.82, 2.24) is 14.9 Å². The summed E-state index contributed by atoms with van der Waals surface area (Å²) in [5, 5.41) is 16.2. The van der Waals surface area contributed by atoms with Crippen molar-refractivity contribution < 1.29 is 22.4 Å². The van der Waals surface area contributed by atoms with E-state index in [4.69, 9.17) is 14.4 Å². The molecule has 0 bridgehead atoms. The Labute approximate surface area is 167 Å². The van der Waals surface area contributed by atoms with Crippen LogP contribution in [0.2, 0.25) is 0 Å². The van der Waals surface area contributed by atoms with E-state index in [2.05, 4.69) is 14.9 Å². The van der Waals surface area contributed by atoms with Crippen molar-refractivity contribution in [2.75, 3.05) is 6.54 Å². The highest BCUT2D eigenvalue weighted by Gasteiger charge is 2.16. The minimum Gasteiger partial charge on any atom is -0.452 e. The van der Waals surface area contributed by atoms with Crippen LogP contribution in [-0.4, -0.2) is 31.1 Å². The number of ether oxygens (including phenoxy) is 1. The second-order valence-corrected chi connectivity index (χ2v) is 7.54. The zero-order valence-electron chi connectivity index (χ0n) is 15.1. The van der Waals surface area contributed by atoms with Crippen LogP contribution in [0.15, 0.2) is 63.9 Å². The van der Waals surface area contributed by atoms with E-state index >= 15 is 0 Å². The molecule has 3 rings (SSSR count). The van der Waals surface area contributed by atoms with Crippen LogP contribution >= 0.6 is 0 Å². The van der Waals surface area contributed by atoms with Crippen molar-refractivity contribution in [1.29, 1.82) is 5.26 Å². The summed E-state index contributed by atoms with van der Waals surface area (Å²) in [7, 11) is -3.74. The fourth-order valence-corrected chi connectivity index (χ4v) is 3.35. The largest absolute Gasteiger partial charge is 0.452 e. The Morgan fingerprint density at radius 2 is 1.83 bits per heavy atom. The van der Waals surface area contributed by atoms with E-state index in [1.807, 2.05) is 36.4 Å². The van der Waals surface area contributed by atoms with E-state index in [-0.39, 0.29) is 35.9 Å². The van der Waals surface area contributed by atoms with E-state index in [0.717, 1.165) is 5.56 Å². The Bertz CT molecular complexity index is 1120. The summed E-state index contributed by atoms with van der Waals surface area (Å²) < 4.78 is 37.0. The highest BCUT2D eigenvalue weighted by molar-refractivity contribution is 7.89. The Hall–Kier alpha value is -3.55. The van der Waals surface area contributed by atoms with Crippen molar-refractivity contribution in [3.63, 3.8) is 0 Å². The molecule has 10 heteroatoms. The van der Waals surface area contributed by atoms with Gasteiger partial charge in [-0.15, -0.1) is 10.2 Å². The van der Waals surface area contributed by atoms with Crippen LogP contribution in [0.1, 0.15) is 22.7 Å². The number of rotatable bonds is 8. The first-order valence-corrected chi connectivity index (χ1v) is 9.99. The molecule has 0 aliphatic carbocycles. The SMILES string of the molecule is N#CCCNS(=O)(=O)c1ccc(C(=O)OCc2nnc(-c3ccccc3)o2)cc1. The summed E-state index contributed by atoms with van der Waals surface area (Å²) in [5.74, 6) is -0.209. The van der Waals surface area contributed by atoms with E-state index < -0.39 is 16.0 Å². The molecule has 0 fully saturated rings. The Balaban J connectivity index is 1.59. The van der Waals surface area contributed by atoms with Crippen LogP contribution in [0, 0.1) is 11.3 Å². The Morgan fingerprint density at radius 3 is 2.52 bits per heavy atom. The third-order valence-corrected chi connectivity index (χ3v) is 5.22. The van der Waals surface area contributed by atoms with Crippen molar-refractivity contribution in [3.05, 3.63) is 66.1 Å². The maximum atomic E-state index is 12.2. The zero-order chi connectivity index (χ0) is 20.7. The summed E-state index contributed by atoms with van der Waals surface area (Å²) >= 11 is 0. The Morgan fingerprint density at radius 1 is 1.10 bits per heavy atom. The molecule has 1 heterocycles. The molecule has 29 heavy (non-hydrogen) atoms. The van der Waals surface area contributed by atoms with Gasteiger partial charge in [0, 0.05) is 18.5 Å². The molecule has 0 saturated heterocycles. The number of nitrogens with zero attached hydrogens (tertiary/aromatic N) is 3. The minimum absolute atomic E-state index is 0.0117. The van der Waals surface area contributed by atoms with Crippen LogP contribution in [0.4, 0.5) is 0 Å². The van der Waals surface area contributed by atoms with Gasteiger partial charge in [0.25, 0.3) is 5.89 Å². The summed E-state index contributed by atoms with van der Waals surface area (Å²) in [5.41, 5.74) is 0.918. The molecule has 2 aromatic carbocycles. The zero-order valence-corrected chi connectivity index (χ0v) is 15.9. The molecule has 0 atom stereocenters. The number of sulfonamides is 1. The van der Waals surface area contributed by atoms with Gasteiger partial charge < -0.3 is 9.15 Å². The number of nitrogens with one attached hydrogen (secondary N) is 1. The first kappa shape index (κ1) is 20.2. The van der Waals surface area contributed by atoms with Crippen molar-refractivity contribution in [3.8, 4) is 17.5 Å². The topological polar surface area (TPSA) is 135 Å². The molecule has 0 amide bonds. The number of nitriles is 1. The second kappa shape index (κ2) is 9.09. The minimum atomic E-state index is -3.74. The van der Waals surface area contributed by atoms with E-state index in [0.29, 0.717) is 5.89 Å². The third-order valence-electron chi connectivity index (χ3n) is 3.74. The van der Waals surface area contributed by atoms with Gasteiger partial charge in [0.15, 0.2) is 6.61 Å². The lowest BCUT2D eigenvalue weighted by atomic mass is 10.2. The highest BCUT2D eigenvalue weighted by Crippen LogP contribution is 2.18. The number of hydrogen-bond donors (Lipinski definition) is 1. The molecule has 1 aromatic heterocycles. The maximum Gasteiger partial charge on any atom is 0.338 e. The van der Waals surface area contributed by atoms with E-state index in [9.17, 15) is 13.2 Å². The van der Waals surface area contributed by atoms with Crippen molar-refractivity contribution in [2.45, 2.75) is 17.9 Å². The van der Waals surface area contributed by atoms with E-state index in [1.54, 1.807) is 0 Å². The van der Waals surface area contributed by atoms with Gasteiger partial charge in [0.05, 0.1) is 16.5 Å². The molecule has 0 radical (unpaired) electrons. The predicted molar refractivity (Wildman–Crippen MR) is 101 cm³/mol. The first-order valence-electron chi connectivity index (χ1n) is 8.51. The highest BCUT2D eigenvalue weighted by atomic mass is 32.2. The summed E-state index contributed by atoms with van der Waals surface area (Å²) in [6.45, 7) is -0.202. The number of esters is 1. The van der Waals surface area contributed by atoms with Crippen LogP contribution in [-0.2, 0) is 21.4 Å². The molecule has 0 spiro atoms. The van der Waals surface area contributed by atoms with Crippen LogP contribution < -0.4 is 4.72 Å². The molecule has 0 unspecified atom stereocenters. The predicted octanol–water partition coefficient (Wildman–Crippen LogP) is 2.29. The fourth-order valence-electron chi connectivity index (χ4n) is 2.31. The van der Waals surface area contributed by atoms with Gasteiger partial charge in [0.2, 0.25) is 15.9 Å². The van der Waals surface area contributed by atoms with Crippen LogP contribution in [0.5, 0.6) is 0 Å². The number of carbonyl (C=O) groups is 1. The van der Waals surface area contributed by atoms with E-state index in [1.165, 1.54) is 24.3 Å². The third kappa shape index (κ3) is 5.25. The number of carbonyl (C=O) groups excluding carboxylic acids is 1. The quantitative estimate of drug-likeness (QED) is 0.440. The lowest BCUT2D eigenvalue weighted by molar-refractivity contribution is 0.0438. The smallest absolute Gasteiger partial charge is 0.338 e. The van der Waals surface area contributed by atoms with Gasteiger partial charge in [-0.3, -0.25) is 0 Å². The lowest BCUT2D eigenvalue weighted by Crippen LogP contribution is -2.24. The second-order valence-electron chi connectivity index (χ2n) is 5.77. The number of hydrogen-bond acceptors (Lipinski definition) is 8. The monoisotopic (exact) mass is 412 g/mol. The summed E-state index contributed by atoms with van der Waals surface area (Å²) in [4.78, 5) is 12.1. The molecule has 3 aromatic rings. The molecule has 1 N–H and O–H groups in total. The van der Waals surface area contributed by atoms with Crippen molar-refractivity contribution in [2.24, 2.45) is 0 Å². The van der Waals surface area contributed by atoms with Gasteiger partial charge >= 0.3 is 5.97 Å². The molecule has 9 nitrogen and oxygen atoms in total. The molecule has 0 aliphatic heterocycles. The normalized spacial score (nSPS) is 11.0. The number of aromatic nitrogens is 2. The molecular weight excluding hydrogens is 396 g/mol. The van der Waals surface area contributed by atoms with Gasteiger partial charge in [-0.2, -0.15) is 5.26 Å². The average molecular weight is 412 g/mol. The van der Waals surface area contributed by atoms with Gasteiger partial charge in [0.1, 0.15) is 0 Å². The lowest BCUT2D eigenvalue weighted by Gasteiger charge is -2.06. The van der Waals surface area contributed by atoms with Crippen LogP contribution in [0.25, 0.3) is 11.5 Å². The molecule has 0 aliphatic rings. The molecule has 0 saturated carbocycles. The van der Waals surface area contributed by atoms with Gasteiger partial charge in [-0.1, -0.05) is 18.2 Å². The van der Waals surface area contributed by atoms with Crippen molar-refractivity contribution >= 4 is 16.0 Å². The first-order chi connectivity index (χ1) is 14.0. The van der Waals surface area contributed by atoms with Gasteiger partial charge in [-0.05, 0) is 36.4 Å². The maximum absolute atomic E-state index is 12.2. The standard InChI is InChI=1S/C19H16N4O5S/c20-11-4-12-21-29(25,26)16-9-7-15(8-10-16)19(24)27-13-17-22-23-18(28-17)14-5-2-1-3-6-14/h1-3,5-10,21H,4,12-13H2. The summed E-state index contributed by atoms with van der Waals surface area (Å²) in [6, 6.07) is 16.3. The fraction of sp³-hybridized carbons (Fsp3) is 0.158. The molecular formula is C19H16N4O5S.